The van der Waals surface area contributed by atoms with Gasteiger partial charge in [-0.3, -0.25) is 4.79 Å². The molecule has 2 nitrogen and oxygen atoms in total. The molecule has 0 heterocycles. The van der Waals surface area contributed by atoms with E-state index in [9.17, 15) is 4.79 Å². The highest BCUT2D eigenvalue weighted by Crippen LogP contribution is 2.24. The number of unbranched alkanes of at least 4 members (excludes halogenated alkanes) is 10. The lowest BCUT2D eigenvalue weighted by atomic mass is 10.0. The Kier molecular flexibility index (Phi) is 11.9. The minimum absolute atomic E-state index is 0.0782. The van der Waals surface area contributed by atoms with Gasteiger partial charge in [-0.2, -0.15) is 0 Å². The topological polar surface area (TPSA) is 26.3 Å². The summed E-state index contributed by atoms with van der Waals surface area (Å²) in [7, 11) is 0. The molecule has 0 saturated carbocycles. The van der Waals surface area contributed by atoms with Crippen LogP contribution in [0.1, 0.15) is 103 Å². The second-order valence-corrected chi connectivity index (χ2v) is 8.41. The third-order valence-corrected chi connectivity index (χ3v) is 5.78. The van der Waals surface area contributed by atoms with Gasteiger partial charge in [0.1, 0.15) is 6.10 Å². The van der Waals surface area contributed by atoms with Crippen molar-refractivity contribution in [2.24, 2.45) is 0 Å². The van der Waals surface area contributed by atoms with Crippen molar-refractivity contribution in [2.75, 3.05) is 0 Å². The highest BCUT2D eigenvalue weighted by atomic mass is 16.5. The van der Waals surface area contributed by atoms with Crippen LogP contribution in [0, 0.1) is 0 Å². The van der Waals surface area contributed by atoms with Gasteiger partial charge in [0.05, 0.1) is 0 Å². The minimum Gasteiger partial charge on any atom is -0.458 e. The van der Waals surface area contributed by atoms with E-state index in [4.69, 9.17) is 4.74 Å². The Morgan fingerprint density at radius 1 is 0.700 bits per heavy atom. The van der Waals surface area contributed by atoms with Gasteiger partial charge < -0.3 is 4.74 Å². The predicted molar refractivity (Wildman–Crippen MR) is 127 cm³/mol. The van der Waals surface area contributed by atoms with Gasteiger partial charge in [0.2, 0.25) is 0 Å². The molecule has 0 aromatic heterocycles. The van der Waals surface area contributed by atoms with Crippen molar-refractivity contribution in [3.63, 3.8) is 0 Å². The molecular weight excluding hydrogens is 368 g/mol. The number of hydrogen-bond donors (Lipinski definition) is 0. The number of esters is 1. The molecule has 2 aromatic carbocycles. The molecule has 0 spiro atoms. The molecule has 2 aromatic rings. The third kappa shape index (κ3) is 9.61. The van der Waals surface area contributed by atoms with E-state index in [-0.39, 0.29) is 12.1 Å². The first kappa shape index (κ1) is 24.2. The Hall–Kier alpha value is -2.09. The van der Waals surface area contributed by atoms with Crippen molar-refractivity contribution < 1.29 is 9.53 Å². The van der Waals surface area contributed by atoms with Crippen LogP contribution in [-0.2, 0) is 9.53 Å². The van der Waals surface area contributed by atoms with Crippen LogP contribution in [0.15, 0.2) is 54.6 Å². The van der Waals surface area contributed by atoms with Crippen LogP contribution < -0.4 is 0 Å². The molecule has 0 amide bonds. The summed E-state index contributed by atoms with van der Waals surface area (Å²) < 4.78 is 5.63. The molecular formula is C28H40O2. The standard InChI is InChI=1S/C28H40O2/c1-3-4-5-6-7-8-9-10-11-12-16-19-28(29)30-24(2)25-20-22-27(23-21-25)26-17-14-13-15-18-26/h13-15,17-18,20-24H,3-12,16,19H2,1-2H3. The van der Waals surface area contributed by atoms with E-state index in [1.807, 2.05) is 25.1 Å². The van der Waals surface area contributed by atoms with Crippen molar-refractivity contribution in [1.82, 2.24) is 0 Å². The van der Waals surface area contributed by atoms with Crippen LogP contribution in [0.4, 0.5) is 0 Å². The lowest BCUT2D eigenvalue weighted by Crippen LogP contribution is -2.08. The maximum Gasteiger partial charge on any atom is 0.306 e. The molecule has 0 N–H and O–H groups in total. The highest BCUT2D eigenvalue weighted by molar-refractivity contribution is 5.69. The van der Waals surface area contributed by atoms with Gasteiger partial charge >= 0.3 is 5.97 Å². The number of hydrogen-bond acceptors (Lipinski definition) is 2. The molecule has 0 saturated heterocycles. The molecule has 0 radical (unpaired) electrons. The molecule has 1 unspecified atom stereocenters. The molecule has 30 heavy (non-hydrogen) atoms. The van der Waals surface area contributed by atoms with E-state index in [0.717, 1.165) is 18.4 Å². The number of rotatable bonds is 15. The fourth-order valence-corrected chi connectivity index (χ4v) is 3.83. The van der Waals surface area contributed by atoms with Gasteiger partial charge in [-0.25, -0.2) is 0 Å². The smallest absolute Gasteiger partial charge is 0.306 e. The van der Waals surface area contributed by atoms with Crippen molar-refractivity contribution in [1.29, 1.82) is 0 Å². The average Bonchev–Trinajstić information content (AvgIpc) is 2.78. The van der Waals surface area contributed by atoms with Crippen molar-refractivity contribution in [3.8, 4) is 11.1 Å². The van der Waals surface area contributed by atoms with E-state index in [1.54, 1.807) is 0 Å². The molecule has 0 bridgehead atoms. The molecule has 2 heteroatoms. The van der Waals surface area contributed by atoms with E-state index in [0.29, 0.717) is 6.42 Å². The fourth-order valence-electron chi connectivity index (χ4n) is 3.83. The van der Waals surface area contributed by atoms with Crippen LogP contribution in [-0.4, -0.2) is 5.97 Å². The summed E-state index contributed by atoms with van der Waals surface area (Å²) in [5.41, 5.74) is 3.42. The molecule has 0 aliphatic carbocycles. The van der Waals surface area contributed by atoms with E-state index < -0.39 is 0 Å². The summed E-state index contributed by atoms with van der Waals surface area (Å²) in [4.78, 5) is 12.2. The van der Waals surface area contributed by atoms with E-state index >= 15 is 0 Å². The second-order valence-electron chi connectivity index (χ2n) is 8.41. The monoisotopic (exact) mass is 408 g/mol. The summed E-state index contributed by atoms with van der Waals surface area (Å²) in [5, 5.41) is 0. The molecule has 0 aliphatic heterocycles. The number of carbonyl (C=O) groups is 1. The summed E-state index contributed by atoms with van der Waals surface area (Å²) in [6.45, 7) is 4.22. The summed E-state index contributed by atoms with van der Waals surface area (Å²) >= 11 is 0. The quantitative estimate of drug-likeness (QED) is 0.218. The van der Waals surface area contributed by atoms with Gasteiger partial charge in [0, 0.05) is 6.42 Å². The Morgan fingerprint density at radius 3 is 1.77 bits per heavy atom. The normalized spacial score (nSPS) is 11.9. The summed E-state index contributed by atoms with van der Waals surface area (Å²) in [6.07, 6.45) is 14.5. The average molecular weight is 409 g/mol. The lowest BCUT2D eigenvalue weighted by Gasteiger charge is -2.14. The van der Waals surface area contributed by atoms with Crippen LogP contribution in [0.3, 0.4) is 0 Å². The second kappa shape index (κ2) is 14.8. The minimum atomic E-state index is -0.199. The Balaban J connectivity index is 1.55. The van der Waals surface area contributed by atoms with Gasteiger partial charge in [-0.05, 0) is 30.0 Å². The fraction of sp³-hybridized carbons (Fsp3) is 0.536. The highest BCUT2D eigenvalue weighted by Gasteiger charge is 2.11. The van der Waals surface area contributed by atoms with Crippen LogP contribution >= 0.6 is 0 Å². The van der Waals surface area contributed by atoms with E-state index in [1.165, 1.54) is 68.9 Å². The van der Waals surface area contributed by atoms with Crippen LogP contribution in [0.25, 0.3) is 11.1 Å². The lowest BCUT2D eigenvalue weighted by molar-refractivity contribution is -0.148. The first-order valence-corrected chi connectivity index (χ1v) is 12.1. The first-order chi connectivity index (χ1) is 14.7. The number of carbonyl (C=O) groups excluding carboxylic acids is 1. The molecule has 2 rings (SSSR count). The van der Waals surface area contributed by atoms with Crippen molar-refractivity contribution >= 4 is 5.97 Å². The maximum atomic E-state index is 12.2. The Bertz CT molecular complexity index is 690. The van der Waals surface area contributed by atoms with Crippen molar-refractivity contribution in [2.45, 2.75) is 97.0 Å². The zero-order valence-corrected chi connectivity index (χ0v) is 19.1. The van der Waals surface area contributed by atoms with Gasteiger partial charge in [-0.15, -0.1) is 0 Å². The predicted octanol–water partition coefficient (Wildman–Crippen LogP) is 8.66. The maximum absolute atomic E-state index is 12.2. The third-order valence-electron chi connectivity index (χ3n) is 5.78. The molecule has 0 aliphatic rings. The molecule has 1 atom stereocenters. The van der Waals surface area contributed by atoms with Gasteiger partial charge in [0.25, 0.3) is 0 Å². The number of benzene rings is 2. The zero-order chi connectivity index (χ0) is 21.4. The van der Waals surface area contributed by atoms with Crippen LogP contribution in [0.2, 0.25) is 0 Å². The number of ether oxygens (including phenoxy) is 1. The Morgan fingerprint density at radius 2 is 1.20 bits per heavy atom. The first-order valence-electron chi connectivity index (χ1n) is 12.1. The largest absolute Gasteiger partial charge is 0.458 e. The summed E-state index contributed by atoms with van der Waals surface area (Å²) in [5.74, 6) is -0.0782. The van der Waals surface area contributed by atoms with Gasteiger partial charge in [-0.1, -0.05) is 126 Å². The van der Waals surface area contributed by atoms with Gasteiger partial charge in [0.15, 0.2) is 0 Å². The van der Waals surface area contributed by atoms with Crippen LogP contribution in [0.5, 0.6) is 0 Å². The summed E-state index contributed by atoms with van der Waals surface area (Å²) in [6, 6.07) is 18.6. The van der Waals surface area contributed by atoms with E-state index in [2.05, 4.69) is 43.3 Å². The molecule has 0 fully saturated rings. The molecule has 164 valence electrons. The Labute approximate surface area is 184 Å². The zero-order valence-electron chi connectivity index (χ0n) is 19.1. The SMILES string of the molecule is CCCCCCCCCCCCCC(=O)OC(C)c1ccc(-c2ccccc2)cc1. The van der Waals surface area contributed by atoms with Crippen molar-refractivity contribution in [3.05, 3.63) is 60.2 Å².